The summed E-state index contributed by atoms with van der Waals surface area (Å²) in [6.45, 7) is 6.12. The molecular formula is C13H17N5O. The SMILES string of the molecule is Cc1cccc(C(C)C)c1NC(=O)c1nc(N)n[nH]1. The van der Waals surface area contributed by atoms with Crippen LogP contribution in [-0.4, -0.2) is 21.1 Å². The summed E-state index contributed by atoms with van der Waals surface area (Å²) in [4.78, 5) is 15.9. The van der Waals surface area contributed by atoms with Crippen molar-refractivity contribution in [2.45, 2.75) is 26.7 Å². The van der Waals surface area contributed by atoms with E-state index in [1.54, 1.807) is 0 Å². The molecule has 0 radical (unpaired) electrons. The Hall–Kier alpha value is -2.37. The van der Waals surface area contributed by atoms with Crippen molar-refractivity contribution in [2.75, 3.05) is 11.1 Å². The van der Waals surface area contributed by atoms with Gasteiger partial charge in [-0.25, -0.2) is 0 Å². The van der Waals surface area contributed by atoms with Gasteiger partial charge in [-0.3, -0.25) is 9.89 Å². The third-order valence-corrected chi connectivity index (χ3v) is 2.88. The Morgan fingerprint density at radius 3 is 2.74 bits per heavy atom. The second kappa shape index (κ2) is 5.09. The van der Waals surface area contributed by atoms with Gasteiger partial charge >= 0.3 is 0 Å². The van der Waals surface area contributed by atoms with E-state index in [0.29, 0.717) is 5.92 Å². The molecule has 0 aliphatic rings. The Morgan fingerprint density at radius 1 is 1.42 bits per heavy atom. The number of H-pyrrole nitrogens is 1. The number of carbonyl (C=O) groups excluding carboxylic acids is 1. The molecule has 0 saturated heterocycles. The minimum absolute atomic E-state index is 0.0546. The molecule has 4 N–H and O–H groups in total. The van der Waals surface area contributed by atoms with Gasteiger partial charge in [0.1, 0.15) is 0 Å². The summed E-state index contributed by atoms with van der Waals surface area (Å²) in [6, 6.07) is 5.94. The first kappa shape index (κ1) is 13.1. The van der Waals surface area contributed by atoms with Crippen LogP contribution in [-0.2, 0) is 0 Å². The molecular weight excluding hydrogens is 242 g/mol. The minimum atomic E-state index is -0.347. The largest absolute Gasteiger partial charge is 0.366 e. The standard InChI is InChI=1S/C13H17N5O/c1-7(2)9-6-4-5-8(3)10(9)15-12(19)11-16-13(14)18-17-11/h4-7H,1-3H3,(H,15,19)(H3,14,16,17,18). The highest BCUT2D eigenvalue weighted by molar-refractivity contribution is 6.02. The number of nitrogens with one attached hydrogen (secondary N) is 2. The first-order valence-electron chi connectivity index (χ1n) is 6.07. The Kier molecular flexibility index (Phi) is 3.50. The van der Waals surface area contributed by atoms with Crippen LogP contribution in [0.2, 0.25) is 0 Å². The number of hydrogen-bond donors (Lipinski definition) is 3. The molecule has 0 aliphatic heterocycles. The van der Waals surface area contributed by atoms with Crippen LogP contribution in [0.1, 0.15) is 41.5 Å². The molecule has 0 aliphatic carbocycles. The van der Waals surface area contributed by atoms with Gasteiger partial charge in [-0.2, -0.15) is 4.98 Å². The fraction of sp³-hybridized carbons (Fsp3) is 0.308. The highest BCUT2D eigenvalue weighted by Gasteiger charge is 2.15. The Morgan fingerprint density at radius 2 is 2.16 bits per heavy atom. The minimum Gasteiger partial charge on any atom is -0.366 e. The number of carbonyl (C=O) groups is 1. The van der Waals surface area contributed by atoms with Crippen molar-refractivity contribution in [1.82, 2.24) is 15.2 Å². The molecule has 100 valence electrons. The lowest BCUT2D eigenvalue weighted by Crippen LogP contribution is -2.16. The van der Waals surface area contributed by atoms with Gasteiger partial charge in [0.2, 0.25) is 11.8 Å². The van der Waals surface area contributed by atoms with Crippen LogP contribution in [0, 0.1) is 6.92 Å². The van der Waals surface area contributed by atoms with Gasteiger partial charge < -0.3 is 11.1 Å². The number of rotatable bonds is 3. The van der Waals surface area contributed by atoms with Crippen molar-refractivity contribution in [1.29, 1.82) is 0 Å². The van der Waals surface area contributed by atoms with E-state index in [0.717, 1.165) is 16.8 Å². The van der Waals surface area contributed by atoms with Crippen LogP contribution in [0.25, 0.3) is 0 Å². The number of aryl methyl sites for hydroxylation is 1. The number of para-hydroxylation sites is 1. The second-order valence-corrected chi connectivity index (χ2v) is 4.69. The quantitative estimate of drug-likeness (QED) is 0.786. The summed E-state index contributed by atoms with van der Waals surface area (Å²) >= 11 is 0. The lowest BCUT2D eigenvalue weighted by atomic mass is 9.98. The summed E-state index contributed by atoms with van der Waals surface area (Å²) in [5.74, 6) is 0.130. The zero-order chi connectivity index (χ0) is 14.0. The summed E-state index contributed by atoms with van der Waals surface area (Å²) in [5.41, 5.74) is 8.29. The van der Waals surface area contributed by atoms with Gasteiger partial charge in [-0.15, -0.1) is 5.10 Å². The molecule has 6 heteroatoms. The zero-order valence-electron chi connectivity index (χ0n) is 11.2. The molecule has 0 fully saturated rings. The van der Waals surface area contributed by atoms with Crippen molar-refractivity contribution < 1.29 is 4.79 Å². The smallest absolute Gasteiger partial charge is 0.293 e. The first-order chi connectivity index (χ1) is 8.99. The van der Waals surface area contributed by atoms with Gasteiger partial charge in [0, 0.05) is 5.69 Å². The predicted molar refractivity (Wildman–Crippen MR) is 74.0 cm³/mol. The highest BCUT2D eigenvalue weighted by Crippen LogP contribution is 2.27. The van der Waals surface area contributed by atoms with Crippen LogP contribution in [0.5, 0.6) is 0 Å². The van der Waals surface area contributed by atoms with Crippen molar-refractivity contribution in [3.05, 3.63) is 35.2 Å². The molecule has 2 aromatic rings. The van der Waals surface area contributed by atoms with Crippen LogP contribution in [0.4, 0.5) is 11.6 Å². The van der Waals surface area contributed by atoms with E-state index in [1.165, 1.54) is 0 Å². The fourth-order valence-electron chi connectivity index (χ4n) is 1.89. The third kappa shape index (κ3) is 2.73. The molecule has 1 heterocycles. The molecule has 1 aromatic carbocycles. The maximum atomic E-state index is 12.1. The Bertz CT molecular complexity index is 603. The van der Waals surface area contributed by atoms with E-state index >= 15 is 0 Å². The molecule has 19 heavy (non-hydrogen) atoms. The number of hydrogen-bond acceptors (Lipinski definition) is 4. The van der Waals surface area contributed by atoms with Crippen LogP contribution in [0.3, 0.4) is 0 Å². The number of anilines is 2. The topological polar surface area (TPSA) is 96.7 Å². The fourth-order valence-corrected chi connectivity index (χ4v) is 1.89. The molecule has 0 atom stereocenters. The van der Waals surface area contributed by atoms with E-state index in [4.69, 9.17) is 5.73 Å². The summed E-state index contributed by atoms with van der Waals surface area (Å²) < 4.78 is 0. The third-order valence-electron chi connectivity index (χ3n) is 2.88. The number of aromatic amines is 1. The maximum Gasteiger partial charge on any atom is 0.293 e. The average Bonchev–Trinajstić information content (AvgIpc) is 2.78. The number of aromatic nitrogens is 3. The average molecular weight is 259 g/mol. The molecule has 0 spiro atoms. The van der Waals surface area contributed by atoms with E-state index < -0.39 is 0 Å². The van der Waals surface area contributed by atoms with E-state index in [9.17, 15) is 4.79 Å². The molecule has 1 aromatic heterocycles. The molecule has 0 saturated carbocycles. The van der Waals surface area contributed by atoms with Crippen LogP contribution in [0.15, 0.2) is 18.2 Å². The van der Waals surface area contributed by atoms with Crippen LogP contribution >= 0.6 is 0 Å². The van der Waals surface area contributed by atoms with E-state index in [-0.39, 0.29) is 17.7 Å². The summed E-state index contributed by atoms with van der Waals surface area (Å²) in [5, 5.41) is 9.00. The van der Waals surface area contributed by atoms with Gasteiger partial charge in [0.15, 0.2) is 0 Å². The van der Waals surface area contributed by atoms with Crippen molar-refractivity contribution in [3.8, 4) is 0 Å². The molecule has 0 bridgehead atoms. The van der Waals surface area contributed by atoms with Crippen molar-refractivity contribution in [3.63, 3.8) is 0 Å². The van der Waals surface area contributed by atoms with Crippen LogP contribution < -0.4 is 11.1 Å². The Labute approximate surface area is 111 Å². The molecule has 2 rings (SSSR count). The number of benzene rings is 1. The van der Waals surface area contributed by atoms with E-state index in [2.05, 4.69) is 34.3 Å². The second-order valence-electron chi connectivity index (χ2n) is 4.69. The van der Waals surface area contributed by atoms with E-state index in [1.807, 2.05) is 25.1 Å². The molecule has 1 amide bonds. The normalized spacial score (nSPS) is 10.7. The molecule has 6 nitrogen and oxygen atoms in total. The number of nitrogen functional groups attached to an aromatic ring is 1. The number of nitrogens with zero attached hydrogens (tertiary/aromatic N) is 2. The van der Waals surface area contributed by atoms with Gasteiger partial charge in [-0.05, 0) is 24.0 Å². The Balaban J connectivity index is 2.31. The first-order valence-corrected chi connectivity index (χ1v) is 6.07. The predicted octanol–water partition coefficient (Wildman–Crippen LogP) is 2.07. The number of nitrogens with two attached hydrogens (primary N) is 1. The van der Waals surface area contributed by atoms with Gasteiger partial charge in [-0.1, -0.05) is 32.0 Å². The van der Waals surface area contributed by atoms with Crippen molar-refractivity contribution >= 4 is 17.5 Å². The zero-order valence-corrected chi connectivity index (χ0v) is 11.2. The van der Waals surface area contributed by atoms with Crippen molar-refractivity contribution in [2.24, 2.45) is 0 Å². The van der Waals surface area contributed by atoms with Gasteiger partial charge in [0.25, 0.3) is 5.91 Å². The lowest BCUT2D eigenvalue weighted by Gasteiger charge is -2.15. The van der Waals surface area contributed by atoms with Gasteiger partial charge in [0.05, 0.1) is 0 Å². The highest BCUT2D eigenvalue weighted by atomic mass is 16.2. The summed E-state index contributed by atoms with van der Waals surface area (Å²) in [6.07, 6.45) is 0. The summed E-state index contributed by atoms with van der Waals surface area (Å²) in [7, 11) is 0. The maximum absolute atomic E-state index is 12.1. The monoisotopic (exact) mass is 259 g/mol. The molecule has 0 unspecified atom stereocenters. The lowest BCUT2D eigenvalue weighted by molar-refractivity contribution is 0.101. The number of amides is 1.